The molecule has 87 valence electrons. The first-order valence-corrected chi connectivity index (χ1v) is 6.53. The van der Waals surface area contributed by atoms with Gasteiger partial charge in [0.15, 0.2) is 0 Å². The van der Waals surface area contributed by atoms with Crippen LogP contribution in [0.2, 0.25) is 0 Å². The fourth-order valence-corrected chi connectivity index (χ4v) is 2.69. The molecule has 0 atom stereocenters. The van der Waals surface area contributed by atoms with Crippen molar-refractivity contribution in [3.63, 3.8) is 0 Å². The molecule has 0 spiro atoms. The van der Waals surface area contributed by atoms with Gasteiger partial charge in [-0.25, -0.2) is 4.39 Å². The van der Waals surface area contributed by atoms with Crippen molar-refractivity contribution >= 4 is 11.3 Å². The first kappa shape index (κ1) is 11.2. The number of thiophene rings is 1. The Morgan fingerprint density at radius 1 is 0.944 bits per heavy atom. The van der Waals surface area contributed by atoms with Gasteiger partial charge in [0.25, 0.3) is 0 Å². The van der Waals surface area contributed by atoms with E-state index in [4.69, 9.17) is 0 Å². The van der Waals surface area contributed by atoms with Gasteiger partial charge in [0.05, 0.1) is 0 Å². The van der Waals surface area contributed by atoms with Crippen LogP contribution in [0.15, 0.2) is 60.0 Å². The lowest BCUT2D eigenvalue weighted by atomic mass is 9.99. The van der Waals surface area contributed by atoms with Crippen molar-refractivity contribution < 1.29 is 4.39 Å². The third-order valence-corrected chi connectivity index (χ3v) is 3.68. The molecule has 1 aromatic heterocycles. The zero-order chi connectivity index (χ0) is 12.4. The minimum Gasteiger partial charge on any atom is -0.207 e. The van der Waals surface area contributed by atoms with Crippen molar-refractivity contribution in [1.29, 1.82) is 0 Å². The molecule has 0 aliphatic heterocycles. The van der Waals surface area contributed by atoms with Gasteiger partial charge in [-0.05, 0) is 40.8 Å². The van der Waals surface area contributed by atoms with E-state index in [1.807, 2.05) is 18.2 Å². The van der Waals surface area contributed by atoms with E-state index < -0.39 is 0 Å². The third kappa shape index (κ3) is 2.07. The van der Waals surface area contributed by atoms with Gasteiger partial charge < -0.3 is 0 Å². The van der Waals surface area contributed by atoms with Gasteiger partial charge in [-0.1, -0.05) is 36.4 Å². The lowest BCUT2D eigenvalue weighted by Gasteiger charge is -2.07. The Balaban J connectivity index is 2.15. The zero-order valence-electron chi connectivity index (χ0n) is 9.56. The van der Waals surface area contributed by atoms with E-state index in [-0.39, 0.29) is 5.82 Å². The van der Waals surface area contributed by atoms with Crippen LogP contribution in [0.1, 0.15) is 0 Å². The number of benzene rings is 2. The van der Waals surface area contributed by atoms with E-state index in [1.165, 1.54) is 17.0 Å². The molecule has 18 heavy (non-hydrogen) atoms. The molecule has 0 fully saturated rings. The molecule has 2 aromatic carbocycles. The smallest absolute Gasteiger partial charge is 0.123 e. The summed E-state index contributed by atoms with van der Waals surface area (Å²) in [6, 6.07) is 19.8. The van der Waals surface area contributed by atoms with Gasteiger partial charge in [0, 0.05) is 10.4 Å². The van der Waals surface area contributed by atoms with Crippen molar-refractivity contribution in [2.45, 2.75) is 0 Å². The minimum absolute atomic E-state index is 0.215. The second-order valence-electron chi connectivity index (χ2n) is 3.94. The maximum absolute atomic E-state index is 13.0. The number of hydrogen-bond donors (Lipinski definition) is 0. The van der Waals surface area contributed by atoms with Crippen LogP contribution in [0.3, 0.4) is 0 Å². The van der Waals surface area contributed by atoms with Crippen LogP contribution < -0.4 is 0 Å². The highest BCUT2D eigenvalue weighted by atomic mass is 32.1. The SMILES string of the molecule is Fc1ccc(-c2[c]cccc2-c2cccs2)cc1. The molecule has 1 radical (unpaired) electrons. The summed E-state index contributed by atoms with van der Waals surface area (Å²) < 4.78 is 13.0. The van der Waals surface area contributed by atoms with Crippen LogP contribution in [0.4, 0.5) is 4.39 Å². The van der Waals surface area contributed by atoms with Gasteiger partial charge >= 0.3 is 0 Å². The fourth-order valence-electron chi connectivity index (χ4n) is 1.93. The van der Waals surface area contributed by atoms with E-state index in [0.29, 0.717) is 0 Å². The lowest BCUT2D eigenvalue weighted by Crippen LogP contribution is -1.83. The molecule has 3 rings (SSSR count). The van der Waals surface area contributed by atoms with Crippen LogP contribution in [0, 0.1) is 11.9 Å². The third-order valence-electron chi connectivity index (χ3n) is 2.78. The molecule has 1 heterocycles. The highest BCUT2D eigenvalue weighted by Crippen LogP contribution is 2.34. The largest absolute Gasteiger partial charge is 0.207 e. The zero-order valence-corrected chi connectivity index (χ0v) is 10.4. The number of rotatable bonds is 2. The summed E-state index contributed by atoms with van der Waals surface area (Å²) in [5.74, 6) is -0.215. The van der Waals surface area contributed by atoms with Gasteiger partial charge in [-0.2, -0.15) is 0 Å². The highest BCUT2D eigenvalue weighted by molar-refractivity contribution is 7.13. The maximum Gasteiger partial charge on any atom is 0.123 e. The van der Waals surface area contributed by atoms with Gasteiger partial charge in [0.1, 0.15) is 5.82 Å². The second kappa shape index (κ2) is 4.75. The molecule has 0 unspecified atom stereocenters. The summed E-state index contributed by atoms with van der Waals surface area (Å²) in [7, 11) is 0. The van der Waals surface area contributed by atoms with Crippen LogP contribution in [0.5, 0.6) is 0 Å². The van der Waals surface area contributed by atoms with E-state index in [9.17, 15) is 4.39 Å². The molecule has 0 aliphatic carbocycles. The van der Waals surface area contributed by atoms with Gasteiger partial charge in [-0.15, -0.1) is 11.3 Å². The quantitative estimate of drug-likeness (QED) is 0.601. The molecule has 0 aliphatic rings. The Morgan fingerprint density at radius 3 is 2.50 bits per heavy atom. The molecule has 2 heteroatoms. The van der Waals surface area contributed by atoms with Crippen molar-refractivity contribution in [1.82, 2.24) is 0 Å². The van der Waals surface area contributed by atoms with Crippen molar-refractivity contribution in [3.8, 4) is 21.6 Å². The fraction of sp³-hybridized carbons (Fsp3) is 0. The standard InChI is InChI=1S/C16H10FS/c17-13-9-7-12(8-10-13)14-4-1-2-5-15(14)16-6-3-11-18-16/h1-3,5-11H. The molecule has 0 N–H and O–H groups in total. The average molecular weight is 253 g/mol. The summed E-state index contributed by atoms with van der Waals surface area (Å²) in [5.41, 5.74) is 3.14. The number of hydrogen-bond acceptors (Lipinski definition) is 1. The monoisotopic (exact) mass is 253 g/mol. The summed E-state index contributed by atoms with van der Waals surface area (Å²) in [5, 5.41) is 2.05. The Kier molecular flexibility index (Phi) is 2.95. The van der Waals surface area contributed by atoms with E-state index in [1.54, 1.807) is 23.5 Å². The Labute approximate surface area is 109 Å². The molecule has 0 saturated carbocycles. The molecule has 0 bridgehead atoms. The Bertz CT molecular complexity index is 639. The Hall–Kier alpha value is -1.93. The van der Waals surface area contributed by atoms with Crippen LogP contribution in [0.25, 0.3) is 21.6 Å². The molecule has 0 amide bonds. The maximum atomic E-state index is 13.0. The molecular formula is C16H10FS. The van der Waals surface area contributed by atoms with Crippen LogP contribution in [-0.4, -0.2) is 0 Å². The van der Waals surface area contributed by atoms with Gasteiger partial charge in [-0.3, -0.25) is 0 Å². The Morgan fingerprint density at radius 2 is 1.78 bits per heavy atom. The first-order valence-electron chi connectivity index (χ1n) is 5.65. The van der Waals surface area contributed by atoms with E-state index >= 15 is 0 Å². The average Bonchev–Trinajstić information content (AvgIpc) is 2.93. The van der Waals surface area contributed by atoms with Gasteiger partial charge in [0.2, 0.25) is 0 Å². The minimum atomic E-state index is -0.215. The van der Waals surface area contributed by atoms with E-state index in [0.717, 1.165) is 16.7 Å². The van der Waals surface area contributed by atoms with Crippen molar-refractivity contribution in [2.24, 2.45) is 0 Å². The summed E-state index contributed by atoms with van der Waals surface area (Å²) in [4.78, 5) is 1.20. The predicted molar refractivity (Wildman–Crippen MR) is 74.0 cm³/mol. The van der Waals surface area contributed by atoms with Crippen molar-refractivity contribution in [3.05, 3.63) is 71.9 Å². The second-order valence-corrected chi connectivity index (χ2v) is 4.89. The molecular weight excluding hydrogens is 243 g/mol. The first-order chi connectivity index (χ1) is 8.84. The van der Waals surface area contributed by atoms with E-state index in [2.05, 4.69) is 23.6 Å². The highest BCUT2D eigenvalue weighted by Gasteiger charge is 2.07. The van der Waals surface area contributed by atoms with Crippen molar-refractivity contribution in [2.75, 3.05) is 0 Å². The summed E-state index contributed by atoms with van der Waals surface area (Å²) in [6.45, 7) is 0. The molecule has 3 aromatic rings. The molecule has 0 nitrogen and oxygen atoms in total. The topological polar surface area (TPSA) is 0 Å². The normalized spacial score (nSPS) is 10.5. The summed E-state index contributed by atoms with van der Waals surface area (Å²) in [6.07, 6.45) is 0. The number of halogens is 1. The predicted octanol–water partition coefficient (Wildman–Crippen LogP) is 5.02. The molecule has 0 saturated heterocycles. The lowest BCUT2D eigenvalue weighted by molar-refractivity contribution is 0.628. The van der Waals surface area contributed by atoms with Crippen LogP contribution in [-0.2, 0) is 0 Å². The summed E-state index contributed by atoms with van der Waals surface area (Å²) >= 11 is 1.69. The van der Waals surface area contributed by atoms with Crippen LogP contribution >= 0.6 is 11.3 Å².